The molecule has 2 aliphatic heterocycles. The van der Waals surface area contributed by atoms with E-state index in [-0.39, 0.29) is 5.91 Å². The van der Waals surface area contributed by atoms with Gasteiger partial charge in [0.15, 0.2) is 0 Å². The first-order valence-electron chi connectivity index (χ1n) is 7.59. The SMILES string of the molecule is O=C(CN1CCCC1)N1CCC[C@@H](c2ccncn2)C1. The summed E-state index contributed by atoms with van der Waals surface area (Å²) in [5, 5.41) is 0. The van der Waals surface area contributed by atoms with Crippen molar-refractivity contribution in [3.63, 3.8) is 0 Å². The van der Waals surface area contributed by atoms with Crippen molar-refractivity contribution in [1.82, 2.24) is 19.8 Å². The minimum absolute atomic E-state index is 0.283. The lowest BCUT2D eigenvalue weighted by Crippen LogP contribution is -2.44. The third kappa shape index (κ3) is 3.15. The van der Waals surface area contributed by atoms with Gasteiger partial charge in [0.2, 0.25) is 5.91 Å². The minimum atomic E-state index is 0.283. The molecule has 0 aliphatic carbocycles. The van der Waals surface area contributed by atoms with Crippen LogP contribution < -0.4 is 0 Å². The number of aromatic nitrogens is 2. The van der Waals surface area contributed by atoms with E-state index in [9.17, 15) is 4.79 Å². The standard InChI is InChI=1S/C15H22N4O/c20-15(11-18-7-1-2-8-18)19-9-3-4-13(10-19)14-5-6-16-12-17-14/h5-6,12-13H,1-4,7-11H2/t13-/m1/s1. The zero-order valence-electron chi connectivity index (χ0n) is 11.9. The van der Waals surface area contributed by atoms with Gasteiger partial charge in [-0.25, -0.2) is 9.97 Å². The van der Waals surface area contributed by atoms with Crippen LogP contribution in [-0.4, -0.2) is 58.4 Å². The number of hydrogen-bond donors (Lipinski definition) is 0. The van der Waals surface area contributed by atoms with Crippen LogP contribution in [0.15, 0.2) is 18.6 Å². The van der Waals surface area contributed by atoms with Gasteiger partial charge in [0.05, 0.1) is 6.54 Å². The van der Waals surface area contributed by atoms with Crippen LogP contribution in [-0.2, 0) is 4.79 Å². The van der Waals surface area contributed by atoms with Crippen LogP contribution in [0.25, 0.3) is 0 Å². The Morgan fingerprint density at radius 2 is 2.10 bits per heavy atom. The van der Waals surface area contributed by atoms with Crippen LogP contribution in [0.4, 0.5) is 0 Å². The zero-order chi connectivity index (χ0) is 13.8. The highest BCUT2D eigenvalue weighted by Crippen LogP contribution is 2.25. The number of carbonyl (C=O) groups excluding carboxylic acids is 1. The van der Waals surface area contributed by atoms with E-state index in [0.717, 1.165) is 44.7 Å². The maximum absolute atomic E-state index is 12.4. The smallest absolute Gasteiger partial charge is 0.236 e. The van der Waals surface area contributed by atoms with Gasteiger partial charge in [-0.15, -0.1) is 0 Å². The Bertz CT molecular complexity index is 444. The molecular weight excluding hydrogens is 252 g/mol. The molecule has 0 saturated carbocycles. The number of nitrogens with zero attached hydrogens (tertiary/aromatic N) is 4. The van der Waals surface area contributed by atoms with Crippen molar-refractivity contribution < 1.29 is 4.79 Å². The summed E-state index contributed by atoms with van der Waals surface area (Å²) in [4.78, 5) is 25.0. The van der Waals surface area contributed by atoms with Gasteiger partial charge in [0.25, 0.3) is 0 Å². The maximum atomic E-state index is 12.4. The van der Waals surface area contributed by atoms with Crippen molar-refractivity contribution in [3.05, 3.63) is 24.3 Å². The summed E-state index contributed by atoms with van der Waals surface area (Å²) >= 11 is 0. The zero-order valence-corrected chi connectivity index (χ0v) is 11.9. The first-order valence-corrected chi connectivity index (χ1v) is 7.59. The Balaban J connectivity index is 1.58. The van der Waals surface area contributed by atoms with Crippen LogP contribution in [0.3, 0.4) is 0 Å². The quantitative estimate of drug-likeness (QED) is 0.833. The fourth-order valence-electron chi connectivity index (χ4n) is 3.22. The fourth-order valence-corrected chi connectivity index (χ4v) is 3.22. The molecule has 5 nitrogen and oxygen atoms in total. The highest BCUT2D eigenvalue weighted by Gasteiger charge is 2.26. The molecular formula is C15H22N4O. The molecule has 1 aromatic rings. The summed E-state index contributed by atoms with van der Waals surface area (Å²) < 4.78 is 0. The van der Waals surface area contributed by atoms with Crippen molar-refractivity contribution in [2.24, 2.45) is 0 Å². The minimum Gasteiger partial charge on any atom is -0.341 e. The molecule has 0 N–H and O–H groups in total. The molecule has 1 amide bonds. The van der Waals surface area contributed by atoms with Gasteiger partial charge in [0, 0.05) is 30.9 Å². The average Bonchev–Trinajstić information content (AvgIpc) is 3.01. The lowest BCUT2D eigenvalue weighted by atomic mass is 9.94. The van der Waals surface area contributed by atoms with Crippen molar-refractivity contribution in [1.29, 1.82) is 0 Å². The summed E-state index contributed by atoms with van der Waals surface area (Å²) in [6.07, 6.45) is 8.03. The van der Waals surface area contributed by atoms with Crippen LogP contribution in [0.1, 0.15) is 37.3 Å². The molecule has 0 spiro atoms. The van der Waals surface area contributed by atoms with Gasteiger partial charge in [0.1, 0.15) is 6.33 Å². The number of amides is 1. The van der Waals surface area contributed by atoms with Gasteiger partial charge >= 0.3 is 0 Å². The van der Waals surface area contributed by atoms with Crippen LogP contribution in [0.2, 0.25) is 0 Å². The normalized spacial score (nSPS) is 24.0. The van der Waals surface area contributed by atoms with E-state index in [0.29, 0.717) is 12.5 Å². The number of carbonyl (C=O) groups is 1. The van der Waals surface area contributed by atoms with Gasteiger partial charge in [-0.1, -0.05) is 0 Å². The van der Waals surface area contributed by atoms with E-state index in [2.05, 4.69) is 14.9 Å². The van der Waals surface area contributed by atoms with E-state index in [4.69, 9.17) is 0 Å². The summed E-state index contributed by atoms with van der Waals surface area (Å²) in [6, 6.07) is 1.97. The number of likely N-dealkylation sites (tertiary alicyclic amines) is 2. The third-order valence-electron chi connectivity index (χ3n) is 4.35. The Labute approximate surface area is 120 Å². The molecule has 0 unspecified atom stereocenters. The molecule has 3 rings (SSSR count). The second-order valence-corrected chi connectivity index (χ2v) is 5.80. The molecule has 0 bridgehead atoms. The lowest BCUT2D eigenvalue weighted by Gasteiger charge is -2.33. The second kappa shape index (κ2) is 6.31. The predicted octanol–water partition coefficient (Wildman–Crippen LogP) is 1.28. The van der Waals surface area contributed by atoms with Crippen LogP contribution in [0, 0.1) is 0 Å². The second-order valence-electron chi connectivity index (χ2n) is 5.80. The number of rotatable bonds is 3. The molecule has 5 heteroatoms. The Morgan fingerprint density at radius 3 is 2.85 bits per heavy atom. The molecule has 108 valence electrons. The van der Waals surface area contributed by atoms with Gasteiger partial charge in [-0.2, -0.15) is 0 Å². The highest BCUT2D eigenvalue weighted by molar-refractivity contribution is 5.78. The molecule has 20 heavy (non-hydrogen) atoms. The highest BCUT2D eigenvalue weighted by atomic mass is 16.2. The number of hydrogen-bond acceptors (Lipinski definition) is 4. The van der Waals surface area contributed by atoms with Crippen molar-refractivity contribution in [2.75, 3.05) is 32.7 Å². The monoisotopic (exact) mass is 274 g/mol. The Kier molecular flexibility index (Phi) is 4.25. The molecule has 3 heterocycles. The molecule has 1 aromatic heterocycles. The Hall–Kier alpha value is -1.49. The Morgan fingerprint density at radius 1 is 1.25 bits per heavy atom. The van der Waals surface area contributed by atoms with E-state index < -0.39 is 0 Å². The number of piperidine rings is 1. The summed E-state index contributed by atoms with van der Waals surface area (Å²) in [6.45, 7) is 4.46. The topological polar surface area (TPSA) is 49.3 Å². The van der Waals surface area contributed by atoms with Gasteiger partial charge < -0.3 is 4.90 Å². The van der Waals surface area contributed by atoms with Gasteiger partial charge in [-0.05, 0) is 44.8 Å². The molecule has 2 fully saturated rings. The molecule has 2 aliphatic rings. The predicted molar refractivity (Wildman–Crippen MR) is 76.3 cm³/mol. The summed E-state index contributed by atoms with van der Waals surface area (Å²) in [5.41, 5.74) is 1.07. The molecule has 0 radical (unpaired) electrons. The lowest BCUT2D eigenvalue weighted by molar-refractivity contribution is -0.133. The summed E-state index contributed by atoms with van der Waals surface area (Å²) in [5.74, 6) is 0.653. The largest absolute Gasteiger partial charge is 0.341 e. The van der Waals surface area contributed by atoms with Gasteiger partial charge in [-0.3, -0.25) is 9.69 Å². The summed E-state index contributed by atoms with van der Waals surface area (Å²) in [7, 11) is 0. The molecule has 0 aromatic carbocycles. The van der Waals surface area contributed by atoms with E-state index in [1.165, 1.54) is 12.8 Å². The van der Waals surface area contributed by atoms with Crippen molar-refractivity contribution >= 4 is 5.91 Å². The molecule has 1 atom stereocenters. The molecule has 2 saturated heterocycles. The van der Waals surface area contributed by atoms with E-state index in [1.807, 2.05) is 11.0 Å². The fraction of sp³-hybridized carbons (Fsp3) is 0.667. The van der Waals surface area contributed by atoms with Crippen LogP contribution >= 0.6 is 0 Å². The first-order chi connectivity index (χ1) is 9.83. The van der Waals surface area contributed by atoms with E-state index in [1.54, 1.807) is 12.5 Å². The van der Waals surface area contributed by atoms with Crippen LogP contribution in [0.5, 0.6) is 0 Å². The first kappa shape index (κ1) is 13.5. The van der Waals surface area contributed by atoms with Crippen molar-refractivity contribution in [3.8, 4) is 0 Å². The third-order valence-corrected chi connectivity index (χ3v) is 4.35. The van der Waals surface area contributed by atoms with E-state index >= 15 is 0 Å². The van der Waals surface area contributed by atoms with Crippen molar-refractivity contribution in [2.45, 2.75) is 31.6 Å². The average molecular weight is 274 g/mol. The maximum Gasteiger partial charge on any atom is 0.236 e.